The second kappa shape index (κ2) is 9.96. The van der Waals surface area contributed by atoms with Crippen LogP contribution in [0.2, 0.25) is 0 Å². The molecule has 30 heavy (non-hydrogen) atoms. The number of carbonyl (C=O) groups excluding carboxylic acids is 1. The predicted octanol–water partition coefficient (Wildman–Crippen LogP) is 4.84. The molecule has 7 heteroatoms. The van der Waals surface area contributed by atoms with Gasteiger partial charge in [0.05, 0.1) is 18.8 Å². The second-order valence-electron chi connectivity index (χ2n) is 6.72. The molecule has 6 nitrogen and oxygen atoms in total. The van der Waals surface area contributed by atoms with Gasteiger partial charge in [-0.25, -0.2) is 0 Å². The minimum atomic E-state index is -0.528. The van der Waals surface area contributed by atoms with Crippen molar-refractivity contribution in [3.63, 3.8) is 0 Å². The third kappa shape index (κ3) is 4.64. The Hall–Kier alpha value is -3.29. The maximum Gasteiger partial charge on any atom is 0.266 e. The molecule has 1 aliphatic rings. The molecule has 0 aliphatic heterocycles. The highest BCUT2D eigenvalue weighted by Gasteiger charge is 2.22. The Morgan fingerprint density at radius 2 is 1.90 bits per heavy atom. The number of nitrogens with zero attached hydrogens (tertiary/aromatic N) is 2. The van der Waals surface area contributed by atoms with Gasteiger partial charge in [-0.05, 0) is 68.9 Å². The Balaban J connectivity index is 1.86. The summed E-state index contributed by atoms with van der Waals surface area (Å²) in [4.78, 5) is 13.9. The molecule has 0 fully saturated rings. The predicted molar refractivity (Wildman–Crippen MR) is 117 cm³/mol. The number of benzene rings is 1. The van der Waals surface area contributed by atoms with E-state index in [1.54, 1.807) is 18.2 Å². The van der Waals surface area contributed by atoms with Crippen molar-refractivity contribution in [3.8, 4) is 23.6 Å². The van der Waals surface area contributed by atoms with Gasteiger partial charge in [-0.1, -0.05) is 6.07 Å². The van der Waals surface area contributed by atoms with Crippen molar-refractivity contribution >= 4 is 28.3 Å². The van der Waals surface area contributed by atoms with Gasteiger partial charge in [-0.15, -0.1) is 11.3 Å². The smallest absolute Gasteiger partial charge is 0.266 e. The molecule has 1 N–H and O–H groups in total. The van der Waals surface area contributed by atoms with Crippen LogP contribution in [-0.4, -0.2) is 19.1 Å². The van der Waals surface area contributed by atoms with Crippen LogP contribution in [0.4, 0.5) is 5.00 Å². The lowest BCUT2D eigenvalue weighted by molar-refractivity contribution is -0.112. The molecule has 1 aromatic heterocycles. The zero-order valence-corrected chi connectivity index (χ0v) is 17.9. The largest absolute Gasteiger partial charge is 0.490 e. The Morgan fingerprint density at radius 1 is 1.17 bits per heavy atom. The number of carbonyl (C=O) groups is 1. The number of rotatable bonds is 7. The number of ether oxygens (including phenoxy) is 2. The van der Waals surface area contributed by atoms with Crippen molar-refractivity contribution < 1.29 is 14.3 Å². The fraction of sp³-hybridized carbons (Fsp3) is 0.348. The summed E-state index contributed by atoms with van der Waals surface area (Å²) in [6.07, 6.45) is 5.44. The van der Waals surface area contributed by atoms with Crippen LogP contribution in [0.3, 0.4) is 0 Å². The van der Waals surface area contributed by atoms with Crippen LogP contribution < -0.4 is 14.8 Å². The first-order chi connectivity index (χ1) is 14.6. The van der Waals surface area contributed by atoms with Gasteiger partial charge in [-0.2, -0.15) is 10.5 Å². The number of hydrogen-bond donors (Lipinski definition) is 1. The lowest BCUT2D eigenvalue weighted by Gasteiger charge is -2.11. The van der Waals surface area contributed by atoms with Crippen LogP contribution in [0.1, 0.15) is 48.3 Å². The summed E-state index contributed by atoms with van der Waals surface area (Å²) < 4.78 is 11.2. The van der Waals surface area contributed by atoms with E-state index in [1.165, 1.54) is 17.4 Å². The third-order valence-corrected chi connectivity index (χ3v) is 5.96. The lowest BCUT2D eigenvalue weighted by Crippen LogP contribution is -2.13. The van der Waals surface area contributed by atoms with Crippen molar-refractivity contribution in [3.05, 3.63) is 45.3 Å². The van der Waals surface area contributed by atoms with Crippen molar-refractivity contribution in [2.75, 3.05) is 18.5 Å². The molecule has 0 radical (unpaired) electrons. The van der Waals surface area contributed by atoms with Crippen LogP contribution in [-0.2, 0) is 17.6 Å². The quantitative estimate of drug-likeness (QED) is 0.510. The molecule has 1 heterocycles. The Morgan fingerprint density at radius 3 is 2.60 bits per heavy atom. The molecule has 2 aromatic rings. The first-order valence-corrected chi connectivity index (χ1v) is 10.8. The summed E-state index contributed by atoms with van der Waals surface area (Å²) in [5, 5.41) is 22.4. The normalized spacial score (nSPS) is 13.0. The Labute approximate surface area is 180 Å². The molecular weight excluding hydrogens is 398 g/mol. The van der Waals surface area contributed by atoms with E-state index in [0.29, 0.717) is 40.8 Å². The summed E-state index contributed by atoms with van der Waals surface area (Å²) in [5.41, 5.74) is 2.18. The van der Waals surface area contributed by atoms with E-state index in [2.05, 4.69) is 11.4 Å². The molecule has 0 atom stereocenters. The Bertz CT molecular complexity index is 1060. The van der Waals surface area contributed by atoms with E-state index in [4.69, 9.17) is 9.47 Å². The number of amides is 1. The monoisotopic (exact) mass is 421 g/mol. The van der Waals surface area contributed by atoms with E-state index < -0.39 is 5.91 Å². The van der Waals surface area contributed by atoms with Gasteiger partial charge in [0.15, 0.2) is 11.5 Å². The van der Waals surface area contributed by atoms with E-state index in [0.717, 1.165) is 36.1 Å². The maximum atomic E-state index is 12.7. The highest BCUT2D eigenvalue weighted by molar-refractivity contribution is 7.16. The standard InChI is InChI=1S/C23H23N3O3S/c1-3-28-19-10-9-15(12-20(19)29-4-2)11-16(13-24)22(27)26-23-18(14-25)17-7-5-6-8-21(17)30-23/h9-12H,3-8H2,1-2H3,(H,26,27)/b16-11+. The van der Waals surface area contributed by atoms with Gasteiger partial charge in [0.25, 0.3) is 5.91 Å². The molecule has 0 unspecified atom stereocenters. The maximum absolute atomic E-state index is 12.7. The summed E-state index contributed by atoms with van der Waals surface area (Å²) in [7, 11) is 0. The van der Waals surface area contributed by atoms with Crippen molar-refractivity contribution in [2.45, 2.75) is 39.5 Å². The molecule has 1 aliphatic carbocycles. The number of aryl methyl sites for hydroxylation is 1. The summed E-state index contributed by atoms with van der Waals surface area (Å²) in [6.45, 7) is 4.74. The van der Waals surface area contributed by atoms with Gasteiger partial charge in [0.2, 0.25) is 0 Å². The second-order valence-corrected chi connectivity index (χ2v) is 7.83. The molecule has 154 valence electrons. The number of anilines is 1. The summed E-state index contributed by atoms with van der Waals surface area (Å²) >= 11 is 1.44. The molecule has 0 spiro atoms. The molecular formula is C23H23N3O3S. The number of fused-ring (bicyclic) bond motifs is 1. The third-order valence-electron chi connectivity index (χ3n) is 4.75. The highest BCUT2D eigenvalue weighted by Crippen LogP contribution is 2.38. The molecule has 3 rings (SSSR count). The average molecular weight is 422 g/mol. The molecule has 1 aromatic carbocycles. The molecule has 0 saturated carbocycles. The van der Waals surface area contributed by atoms with Gasteiger partial charge in [0.1, 0.15) is 22.7 Å². The zero-order chi connectivity index (χ0) is 21.5. The van der Waals surface area contributed by atoms with Crippen molar-refractivity contribution in [2.24, 2.45) is 0 Å². The highest BCUT2D eigenvalue weighted by atomic mass is 32.1. The van der Waals surface area contributed by atoms with Gasteiger partial charge in [-0.3, -0.25) is 4.79 Å². The molecule has 1 amide bonds. The topological polar surface area (TPSA) is 95.1 Å². The number of thiophene rings is 1. The van der Waals surface area contributed by atoms with Gasteiger partial charge >= 0.3 is 0 Å². The van der Waals surface area contributed by atoms with Crippen molar-refractivity contribution in [1.82, 2.24) is 0 Å². The minimum Gasteiger partial charge on any atom is -0.490 e. The van der Waals surface area contributed by atoms with Crippen molar-refractivity contribution in [1.29, 1.82) is 10.5 Å². The number of hydrogen-bond acceptors (Lipinski definition) is 6. The number of nitrogens with one attached hydrogen (secondary N) is 1. The first kappa shape index (κ1) is 21.4. The zero-order valence-electron chi connectivity index (χ0n) is 17.1. The van der Waals surface area contributed by atoms with Crippen LogP contribution >= 0.6 is 11.3 Å². The number of nitriles is 2. The van der Waals surface area contributed by atoms with E-state index >= 15 is 0 Å². The Kier molecular flexibility index (Phi) is 7.11. The van der Waals surface area contributed by atoms with Crippen LogP contribution in [0, 0.1) is 22.7 Å². The fourth-order valence-electron chi connectivity index (χ4n) is 3.42. The first-order valence-electron chi connectivity index (χ1n) is 9.98. The lowest BCUT2D eigenvalue weighted by atomic mass is 9.96. The van der Waals surface area contributed by atoms with Crippen LogP contribution in [0.5, 0.6) is 11.5 Å². The fourth-order valence-corrected chi connectivity index (χ4v) is 4.65. The van der Waals surface area contributed by atoms with Crippen LogP contribution in [0.15, 0.2) is 23.8 Å². The van der Waals surface area contributed by atoms with Crippen LogP contribution in [0.25, 0.3) is 6.08 Å². The van der Waals surface area contributed by atoms with Gasteiger partial charge < -0.3 is 14.8 Å². The minimum absolute atomic E-state index is 0.0446. The van der Waals surface area contributed by atoms with E-state index in [1.807, 2.05) is 19.9 Å². The summed E-state index contributed by atoms with van der Waals surface area (Å²) in [6, 6.07) is 9.44. The average Bonchev–Trinajstić information content (AvgIpc) is 3.10. The van der Waals surface area contributed by atoms with E-state index in [9.17, 15) is 15.3 Å². The SMILES string of the molecule is CCOc1ccc(/C=C(\C#N)C(=O)Nc2sc3c(c2C#N)CCCC3)cc1OCC. The molecule has 0 saturated heterocycles. The molecule has 0 bridgehead atoms. The summed E-state index contributed by atoms with van der Waals surface area (Å²) in [5.74, 6) is 0.644. The van der Waals surface area contributed by atoms with E-state index in [-0.39, 0.29) is 5.57 Å². The van der Waals surface area contributed by atoms with Gasteiger partial charge in [0, 0.05) is 4.88 Å².